The molecule has 0 saturated carbocycles. The predicted molar refractivity (Wildman–Crippen MR) is 133 cm³/mol. The number of aromatic amines is 1. The summed E-state index contributed by atoms with van der Waals surface area (Å²) in [5, 5.41) is 11.9. The first-order chi connectivity index (χ1) is 16.8. The third kappa shape index (κ3) is 4.90. The summed E-state index contributed by atoms with van der Waals surface area (Å²) in [5.74, 6) is -0.379. The number of amides is 1. The Kier molecular flexibility index (Phi) is 7.42. The zero-order chi connectivity index (χ0) is 25.1. The van der Waals surface area contributed by atoms with Crippen molar-refractivity contribution in [2.45, 2.75) is 32.8 Å². The highest BCUT2D eigenvalue weighted by Crippen LogP contribution is 2.41. The lowest BCUT2D eigenvalue weighted by molar-refractivity contribution is 0.0785. The molecule has 0 bridgehead atoms. The van der Waals surface area contributed by atoms with E-state index >= 15 is 0 Å². The first kappa shape index (κ1) is 24.8. The summed E-state index contributed by atoms with van der Waals surface area (Å²) in [6, 6.07) is 9.09. The van der Waals surface area contributed by atoms with Gasteiger partial charge >= 0.3 is 0 Å². The number of ether oxygens (including phenoxy) is 2. The van der Waals surface area contributed by atoms with Crippen molar-refractivity contribution in [2.24, 2.45) is 0 Å². The van der Waals surface area contributed by atoms with Gasteiger partial charge in [-0.25, -0.2) is 0 Å². The minimum absolute atomic E-state index is 0.0191. The molecule has 1 amide bonds. The van der Waals surface area contributed by atoms with Gasteiger partial charge in [0.1, 0.15) is 17.1 Å². The summed E-state index contributed by atoms with van der Waals surface area (Å²) >= 11 is 5.94. The SMILES string of the molecule is CCOCc1[nH]c(=O)c(C(=O)N2CCC(c3ccc(Cl)cn3)C2)c(O)c1-c1c(C)cccc1OC. The van der Waals surface area contributed by atoms with Gasteiger partial charge < -0.3 is 24.5 Å². The third-order valence-electron chi connectivity index (χ3n) is 6.28. The van der Waals surface area contributed by atoms with E-state index in [0.717, 1.165) is 11.3 Å². The van der Waals surface area contributed by atoms with Crippen LogP contribution >= 0.6 is 11.6 Å². The quantitative estimate of drug-likeness (QED) is 0.505. The molecule has 1 aliphatic heterocycles. The molecule has 3 aromatic rings. The minimum atomic E-state index is -0.661. The number of aromatic hydroxyl groups is 1. The minimum Gasteiger partial charge on any atom is -0.506 e. The molecule has 0 radical (unpaired) electrons. The zero-order valence-electron chi connectivity index (χ0n) is 19.9. The molecule has 1 fully saturated rings. The molecule has 1 aliphatic rings. The lowest BCUT2D eigenvalue weighted by Crippen LogP contribution is -2.33. The van der Waals surface area contributed by atoms with Gasteiger partial charge in [-0.2, -0.15) is 0 Å². The number of methoxy groups -OCH3 is 1. The standard InChI is InChI=1S/C26H28ClN3O5/c1-4-35-14-19-22(21-15(2)6-5-7-20(21)34-3)24(31)23(25(32)29-19)26(33)30-11-10-16(13-30)18-9-8-17(27)12-28-18/h5-9,12,16H,4,10-11,13-14H2,1-3H3,(H2,29,31,32). The van der Waals surface area contributed by atoms with E-state index in [0.29, 0.717) is 53.7 Å². The number of aryl methyl sites for hydroxylation is 1. The molecule has 2 N–H and O–H groups in total. The molecular formula is C26H28ClN3O5. The van der Waals surface area contributed by atoms with E-state index in [1.54, 1.807) is 23.2 Å². The van der Waals surface area contributed by atoms with Crippen molar-refractivity contribution in [3.63, 3.8) is 0 Å². The number of benzene rings is 1. The van der Waals surface area contributed by atoms with Gasteiger partial charge in [0.15, 0.2) is 0 Å². The lowest BCUT2D eigenvalue weighted by Gasteiger charge is -2.21. The van der Waals surface area contributed by atoms with Gasteiger partial charge in [-0.15, -0.1) is 0 Å². The van der Waals surface area contributed by atoms with Crippen molar-refractivity contribution in [2.75, 3.05) is 26.8 Å². The van der Waals surface area contributed by atoms with Gasteiger partial charge in [0, 0.05) is 43.1 Å². The first-order valence-corrected chi connectivity index (χ1v) is 11.8. The molecule has 2 aromatic heterocycles. The van der Waals surface area contributed by atoms with Gasteiger partial charge in [0.05, 0.1) is 30.0 Å². The number of hydrogen-bond donors (Lipinski definition) is 2. The molecule has 1 saturated heterocycles. The van der Waals surface area contributed by atoms with Crippen molar-refractivity contribution >= 4 is 17.5 Å². The Hall–Kier alpha value is -3.36. The Balaban J connectivity index is 1.76. The largest absolute Gasteiger partial charge is 0.506 e. The van der Waals surface area contributed by atoms with Gasteiger partial charge in [-0.3, -0.25) is 14.6 Å². The molecule has 0 spiro atoms. The Bertz CT molecular complexity index is 1290. The number of nitrogens with zero attached hydrogens (tertiary/aromatic N) is 2. The maximum Gasteiger partial charge on any atom is 0.264 e. The smallest absolute Gasteiger partial charge is 0.264 e. The average molecular weight is 498 g/mol. The van der Waals surface area contributed by atoms with E-state index in [2.05, 4.69) is 9.97 Å². The zero-order valence-corrected chi connectivity index (χ0v) is 20.7. The van der Waals surface area contributed by atoms with Gasteiger partial charge in [-0.1, -0.05) is 23.7 Å². The Morgan fingerprint density at radius 3 is 2.77 bits per heavy atom. The summed E-state index contributed by atoms with van der Waals surface area (Å²) in [5.41, 5.74) is 1.99. The summed E-state index contributed by atoms with van der Waals surface area (Å²) in [6.45, 7) is 5.02. The van der Waals surface area contributed by atoms with E-state index in [9.17, 15) is 14.7 Å². The second kappa shape index (κ2) is 10.5. The van der Waals surface area contributed by atoms with Crippen LogP contribution in [-0.4, -0.2) is 52.7 Å². The topological polar surface area (TPSA) is 105 Å². The number of pyridine rings is 2. The molecule has 35 heavy (non-hydrogen) atoms. The van der Waals surface area contributed by atoms with E-state index in [4.69, 9.17) is 21.1 Å². The van der Waals surface area contributed by atoms with Crippen LogP contribution in [0, 0.1) is 6.92 Å². The number of halogens is 1. The normalized spacial score (nSPS) is 15.4. The van der Waals surface area contributed by atoms with E-state index in [-0.39, 0.29) is 23.8 Å². The van der Waals surface area contributed by atoms with Crippen molar-refractivity contribution in [1.29, 1.82) is 0 Å². The highest BCUT2D eigenvalue weighted by Gasteiger charge is 2.33. The molecule has 0 aliphatic carbocycles. The number of aromatic nitrogens is 2. The number of H-pyrrole nitrogens is 1. The van der Waals surface area contributed by atoms with E-state index < -0.39 is 11.5 Å². The van der Waals surface area contributed by atoms with Crippen LogP contribution in [0.1, 0.15) is 46.6 Å². The summed E-state index contributed by atoms with van der Waals surface area (Å²) in [7, 11) is 1.53. The third-order valence-corrected chi connectivity index (χ3v) is 6.50. The first-order valence-electron chi connectivity index (χ1n) is 11.5. The number of rotatable bonds is 7. The molecule has 3 heterocycles. The van der Waals surface area contributed by atoms with Crippen LogP contribution in [0.5, 0.6) is 11.5 Å². The van der Waals surface area contributed by atoms with Crippen LogP contribution in [0.25, 0.3) is 11.1 Å². The molecule has 4 rings (SSSR count). The Morgan fingerprint density at radius 2 is 2.09 bits per heavy atom. The predicted octanol–water partition coefficient (Wildman–Crippen LogP) is 4.28. The van der Waals surface area contributed by atoms with Gasteiger partial charge in [0.25, 0.3) is 11.5 Å². The monoisotopic (exact) mass is 497 g/mol. The lowest BCUT2D eigenvalue weighted by atomic mass is 9.95. The van der Waals surface area contributed by atoms with Crippen LogP contribution < -0.4 is 10.3 Å². The van der Waals surface area contributed by atoms with Crippen LogP contribution in [0.2, 0.25) is 5.02 Å². The molecule has 1 aromatic carbocycles. The Labute approximate surface area is 208 Å². The fraction of sp³-hybridized carbons (Fsp3) is 0.346. The summed E-state index contributed by atoms with van der Waals surface area (Å²) < 4.78 is 11.1. The second-order valence-electron chi connectivity index (χ2n) is 8.46. The van der Waals surface area contributed by atoms with Crippen molar-refractivity contribution in [1.82, 2.24) is 14.9 Å². The highest BCUT2D eigenvalue weighted by molar-refractivity contribution is 6.30. The van der Waals surface area contributed by atoms with Crippen LogP contribution in [0.15, 0.2) is 41.3 Å². The van der Waals surface area contributed by atoms with Crippen LogP contribution in [0.4, 0.5) is 0 Å². The maximum atomic E-state index is 13.5. The molecule has 9 heteroatoms. The van der Waals surface area contributed by atoms with E-state index in [1.165, 1.54) is 7.11 Å². The molecule has 8 nitrogen and oxygen atoms in total. The van der Waals surface area contributed by atoms with Gasteiger partial charge in [0.2, 0.25) is 0 Å². The summed E-state index contributed by atoms with van der Waals surface area (Å²) in [4.78, 5) is 35.3. The second-order valence-corrected chi connectivity index (χ2v) is 8.90. The maximum absolute atomic E-state index is 13.5. The summed E-state index contributed by atoms with van der Waals surface area (Å²) in [6.07, 6.45) is 2.27. The van der Waals surface area contributed by atoms with Crippen molar-refractivity contribution in [3.05, 3.63) is 74.4 Å². The van der Waals surface area contributed by atoms with Crippen molar-refractivity contribution in [3.8, 4) is 22.6 Å². The number of hydrogen-bond acceptors (Lipinski definition) is 6. The molecule has 184 valence electrons. The molecular weight excluding hydrogens is 470 g/mol. The number of carbonyl (C=O) groups excluding carboxylic acids is 1. The fourth-order valence-electron chi connectivity index (χ4n) is 4.52. The number of likely N-dealkylation sites (tertiary alicyclic amines) is 1. The molecule has 1 atom stereocenters. The number of nitrogens with one attached hydrogen (secondary N) is 1. The molecule has 1 unspecified atom stereocenters. The van der Waals surface area contributed by atoms with Crippen LogP contribution in [-0.2, 0) is 11.3 Å². The van der Waals surface area contributed by atoms with E-state index in [1.807, 2.05) is 32.0 Å². The van der Waals surface area contributed by atoms with Crippen molar-refractivity contribution < 1.29 is 19.4 Å². The Morgan fingerprint density at radius 1 is 1.29 bits per heavy atom. The fourth-order valence-corrected chi connectivity index (χ4v) is 4.63. The highest BCUT2D eigenvalue weighted by atomic mass is 35.5. The van der Waals surface area contributed by atoms with Crippen LogP contribution in [0.3, 0.4) is 0 Å². The van der Waals surface area contributed by atoms with Gasteiger partial charge in [-0.05, 0) is 44.0 Å². The number of carbonyl (C=O) groups is 1. The average Bonchev–Trinajstić information content (AvgIpc) is 3.34.